The summed E-state index contributed by atoms with van der Waals surface area (Å²) < 4.78 is 5.70. The number of rotatable bonds is 8. The molecule has 1 heterocycles. The molecule has 0 amide bonds. The zero-order valence-electron chi connectivity index (χ0n) is 12.1. The number of hydrogen-bond acceptors (Lipinski definition) is 3. The minimum absolute atomic E-state index is 0.190. The van der Waals surface area contributed by atoms with Gasteiger partial charge >= 0.3 is 0 Å². The van der Waals surface area contributed by atoms with Crippen LogP contribution in [0.2, 0.25) is 0 Å². The second-order valence-corrected chi connectivity index (χ2v) is 4.92. The van der Waals surface area contributed by atoms with E-state index in [1.807, 2.05) is 20.0 Å². The molecule has 0 aliphatic rings. The molecule has 0 fully saturated rings. The normalized spacial score (nSPS) is 12.7. The van der Waals surface area contributed by atoms with Crippen molar-refractivity contribution >= 4 is 0 Å². The summed E-state index contributed by atoms with van der Waals surface area (Å²) in [5, 5.41) is 3.57. The molecule has 1 N–H and O–H groups in total. The highest BCUT2D eigenvalue weighted by molar-refractivity contribution is 5.26. The van der Waals surface area contributed by atoms with Crippen molar-refractivity contribution in [1.82, 2.24) is 10.3 Å². The molecule has 1 aromatic heterocycles. The van der Waals surface area contributed by atoms with Gasteiger partial charge in [-0.15, -0.1) is 0 Å². The van der Waals surface area contributed by atoms with Crippen LogP contribution in [-0.2, 0) is 0 Å². The molecule has 0 bridgehead atoms. The topological polar surface area (TPSA) is 34.2 Å². The van der Waals surface area contributed by atoms with E-state index in [1.165, 1.54) is 5.56 Å². The van der Waals surface area contributed by atoms with Gasteiger partial charge in [0.15, 0.2) is 0 Å². The molecule has 3 nitrogen and oxygen atoms in total. The summed E-state index contributed by atoms with van der Waals surface area (Å²) in [5.74, 6) is 0.863. The van der Waals surface area contributed by atoms with E-state index in [2.05, 4.69) is 30.2 Å². The van der Waals surface area contributed by atoms with Gasteiger partial charge in [-0.2, -0.15) is 0 Å². The van der Waals surface area contributed by atoms with Gasteiger partial charge in [0.2, 0.25) is 0 Å². The summed E-state index contributed by atoms with van der Waals surface area (Å²) in [6.07, 6.45) is 7.36. The Bertz CT molecular complexity index is 339. The van der Waals surface area contributed by atoms with Crippen molar-refractivity contribution in [3.8, 4) is 5.75 Å². The van der Waals surface area contributed by atoms with Gasteiger partial charge in [0.25, 0.3) is 0 Å². The van der Waals surface area contributed by atoms with E-state index in [0.29, 0.717) is 6.04 Å². The van der Waals surface area contributed by atoms with Crippen LogP contribution >= 0.6 is 0 Å². The Kier molecular flexibility index (Phi) is 6.73. The third-order valence-corrected chi connectivity index (χ3v) is 2.73. The molecule has 0 aliphatic carbocycles. The summed E-state index contributed by atoms with van der Waals surface area (Å²) in [7, 11) is 0. The lowest BCUT2D eigenvalue weighted by atomic mass is 10.0. The maximum absolute atomic E-state index is 5.70. The SMILES string of the molecule is CCCNC(CCC)c1cncc(OC(C)C)c1. The van der Waals surface area contributed by atoms with Gasteiger partial charge in [-0.1, -0.05) is 20.3 Å². The molecule has 18 heavy (non-hydrogen) atoms. The van der Waals surface area contributed by atoms with Crippen LogP contribution in [-0.4, -0.2) is 17.6 Å². The molecule has 1 unspecified atom stereocenters. The number of hydrogen-bond donors (Lipinski definition) is 1. The van der Waals surface area contributed by atoms with Gasteiger partial charge in [0.1, 0.15) is 5.75 Å². The first kappa shape index (κ1) is 15.0. The van der Waals surface area contributed by atoms with Crippen LogP contribution in [0.15, 0.2) is 18.5 Å². The van der Waals surface area contributed by atoms with Gasteiger partial charge in [-0.3, -0.25) is 4.98 Å². The molecule has 102 valence electrons. The van der Waals surface area contributed by atoms with Crippen molar-refractivity contribution in [1.29, 1.82) is 0 Å². The van der Waals surface area contributed by atoms with Crippen LogP contribution in [0.4, 0.5) is 0 Å². The van der Waals surface area contributed by atoms with Crippen molar-refractivity contribution in [3.05, 3.63) is 24.0 Å². The highest BCUT2D eigenvalue weighted by atomic mass is 16.5. The molecule has 0 radical (unpaired) electrons. The van der Waals surface area contributed by atoms with Crippen molar-refractivity contribution in [3.63, 3.8) is 0 Å². The summed E-state index contributed by atoms with van der Waals surface area (Å²) in [6.45, 7) is 9.51. The second kappa shape index (κ2) is 8.09. The Hall–Kier alpha value is -1.09. The third-order valence-electron chi connectivity index (χ3n) is 2.73. The second-order valence-electron chi connectivity index (χ2n) is 4.92. The first-order chi connectivity index (χ1) is 8.67. The molecule has 0 saturated carbocycles. The molecular formula is C15H26N2O. The molecule has 0 aromatic carbocycles. The predicted octanol–water partition coefficient (Wildman–Crippen LogP) is 3.71. The molecule has 1 aromatic rings. The summed E-state index contributed by atoms with van der Waals surface area (Å²) in [5.41, 5.74) is 1.23. The fraction of sp³-hybridized carbons (Fsp3) is 0.667. The zero-order chi connectivity index (χ0) is 13.4. The number of nitrogens with zero attached hydrogens (tertiary/aromatic N) is 1. The first-order valence-electron chi connectivity index (χ1n) is 7.02. The van der Waals surface area contributed by atoms with Gasteiger partial charge in [0, 0.05) is 12.2 Å². The van der Waals surface area contributed by atoms with E-state index in [4.69, 9.17) is 4.74 Å². The maximum Gasteiger partial charge on any atom is 0.138 e. The Balaban J connectivity index is 2.76. The third kappa shape index (κ3) is 5.05. The van der Waals surface area contributed by atoms with Gasteiger partial charge < -0.3 is 10.1 Å². The van der Waals surface area contributed by atoms with E-state index >= 15 is 0 Å². The predicted molar refractivity (Wildman–Crippen MR) is 75.9 cm³/mol. The highest BCUT2D eigenvalue weighted by Crippen LogP contribution is 2.22. The molecule has 3 heteroatoms. The molecule has 1 rings (SSSR count). The lowest BCUT2D eigenvalue weighted by Gasteiger charge is -2.19. The monoisotopic (exact) mass is 250 g/mol. The lowest BCUT2D eigenvalue weighted by molar-refractivity contribution is 0.241. The van der Waals surface area contributed by atoms with E-state index in [9.17, 15) is 0 Å². The van der Waals surface area contributed by atoms with Crippen molar-refractivity contribution < 1.29 is 4.74 Å². The van der Waals surface area contributed by atoms with Crippen LogP contribution in [0.3, 0.4) is 0 Å². The van der Waals surface area contributed by atoms with Crippen molar-refractivity contribution in [2.75, 3.05) is 6.54 Å². The Morgan fingerprint density at radius 1 is 1.22 bits per heavy atom. The molecular weight excluding hydrogens is 224 g/mol. The van der Waals surface area contributed by atoms with Gasteiger partial charge in [0.05, 0.1) is 12.3 Å². The lowest BCUT2D eigenvalue weighted by Crippen LogP contribution is -2.22. The number of aromatic nitrogens is 1. The molecule has 0 saturated heterocycles. The van der Waals surface area contributed by atoms with E-state index in [-0.39, 0.29) is 6.10 Å². The van der Waals surface area contributed by atoms with E-state index < -0.39 is 0 Å². The Labute approximate surface area is 111 Å². The van der Waals surface area contributed by atoms with Crippen molar-refractivity contribution in [2.24, 2.45) is 0 Å². The van der Waals surface area contributed by atoms with Crippen LogP contribution in [0, 0.1) is 0 Å². The fourth-order valence-corrected chi connectivity index (χ4v) is 1.96. The minimum Gasteiger partial charge on any atom is -0.489 e. The fourth-order valence-electron chi connectivity index (χ4n) is 1.96. The Morgan fingerprint density at radius 2 is 2.00 bits per heavy atom. The van der Waals surface area contributed by atoms with E-state index in [0.717, 1.165) is 31.6 Å². The largest absolute Gasteiger partial charge is 0.489 e. The van der Waals surface area contributed by atoms with E-state index in [1.54, 1.807) is 6.20 Å². The van der Waals surface area contributed by atoms with Crippen LogP contribution < -0.4 is 10.1 Å². The average molecular weight is 250 g/mol. The van der Waals surface area contributed by atoms with Crippen LogP contribution in [0.5, 0.6) is 5.75 Å². The number of pyridine rings is 1. The highest BCUT2D eigenvalue weighted by Gasteiger charge is 2.11. The quantitative estimate of drug-likeness (QED) is 0.763. The minimum atomic E-state index is 0.190. The van der Waals surface area contributed by atoms with Crippen LogP contribution in [0.1, 0.15) is 58.6 Å². The zero-order valence-corrected chi connectivity index (χ0v) is 12.1. The molecule has 1 atom stereocenters. The number of nitrogens with one attached hydrogen (secondary N) is 1. The van der Waals surface area contributed by atoms with Gasteiger partial charge in [-0.25, -0.2) is 0 Å². The van der Waals surface area contributed by atoms with Crippen molar-refractivity contribution in [2.45, 2.75) is 59.1 Å². The standard InChI is InChI=1S/C15H26N2O/c1-5-7-15(17-8-6-2)13-9-14(11-16-10-13)18-12(3)4/h9-12,15,17H,5-8H2,1-4H3. The summed E-state index contributed by atoms with van der Waals surface area (Å²) >= 11 is 0. The average Bonchev–Trinajstić information content (AvgIpc) is 2.34. The Morgan fingerprint density at radius 3 is 2.61 bits per heavy atom. The first-order valence-corrected chi connectivity index (χ1v) is 7.02. The van der Waals surface area contributed by atoms with Gasteiger partial charge in [-0.05, 0) is 44.9 Å². The molecule has 0 aliphatic heterocycles. The number of ether oxygens (including phenoxy) is 1. The summed E-state index contributed by atoms with van der Waals surface area (Å²) in [4.78, 5) is 4.28. The van der Waals surface area contributed by atoms with Crippen LogP contribution in [0.25, 0.3) is 0 Å². The molecule has 0 spiro atoms. The summed E-state index contributed by atoms with van der Waals surface area (Å²) in [6, 6.07) is 2.49. The smallest absolute Gasteiger partial charge is 0.138 e. The maximum atomic E-state index is 5.70.